The van der Waals surface area contributed by atoms with E-state index >= 15 is 0 Å². The van der Waals surface area contributed by atoms with Crippen molar-refractivity contribution >= 4 is 11.8 Å². The van der Waals surface area contributed by atoms with Crippen LogP contribution < -0.4 is 16.4 Å². The molecule has 4 N–H and O–H groups in total. The summed E-state index contributed by atoms with van der Waals surface area (Å²) in [6.07, 6.45) is 1.89. The maximum absolute atomic E-state index is 11.8. The molecule has 0 aromatic carbocycles. The second-order valence-electron chi connectivity index (χ2n) is 4.28. The highest BCUT2D eigenvalue weighted by molar-refractivity contribution is 5.83. The van der Waals surface area contributed by atoms with Gasteiger partial charge in [-0.05, 0) is 25.9 Å². The predicted molar refractivity (Wildman–Crippen MR) is 57.0 cm³/mol. The molecule has 0 unspecified atom stereocenters. The summed E-state index contributed by atoms with van der Waals surface area (Å²) >= 11 is 0. The van der Waals surface area contributed by atoms with E-state index in [0.29, 0.717) is 6.54 Å². The zero-order valence-electron chi connectivity index (χ0n) is 9.14. The number of rotatable bonds is 4. The van der Waals surface area contributed by atoms with Crippen LogP contribution in [0.3, 0.4) is 0 Å². The molecule has 0 spiro atoms. The fourth-order valence-corrected chi connectivity index (χ4v) is 1.72. The first kappa shape index (κ1) is 12.0. The number of amides is 2. The van der Waals surface area contributed by atoms with Crippen LogP contribution in [0.4, 0.5) is 0 Å². The summed E-state index contributed by atoms with van der Waals surface area (Å²) in [5, 5.41) is 5.97. The Labute approximate surface area is 89.8 Å². The number of nitrogens with one attached hydrogen (secondary N) is 2. The Hall–Kier alpha value is -1.10. The number of carbonyl (C=O) groups is 2. The topological polar surface area (TPSA) is 84.2 Å². The van der Waals surface area contributed by atoms with Crippen molar-refractivity contribution in [3.8, 4) is 0 Å². The van der Waals surface area contributed by atoms with Crippen molar-refractivity contribution in [3.05, 3.63) is 0 Å². The molecular weight excluding hydrogens is 194 g/mol. The molecule has 0 aromatic rings. The summed E-state index contributed by atoms with van der Waals surface area (Å²) in [4.78, 5) is 22.3. The Morgan fingerprint density at radius 2 is 2.00 bits per heavy atom. The van der Waals surface area contributed by atoms with Crippen molar-refractivity contribution in [2.45, 2.75) is 26.2 Å². The minimum atomic E-state index is -0.384. The summed E-state index contributed by atoms with van der Waals surface area (Å²) in [5.74, 6) is -0.351. The van der Waals surface area contributed by atoms with Crippen LogP contribution in [0.1, 0.15) is 26.2 Å². The quantitative estimate of drug-likeness (QED) is 0.581. The zero-order valence-corrected chi connectivity index (χ0v) is 9.14. The summed E-state index contributed by atoms with van der Waals surface area (Å²) in [5.41, 5.74) is 4.70. The van der Waals surface area contributed by atoms with Gasteiger partial charge >= 0.3 is 0 Å². The smallest absolute Gasteiger partial charge is 0.226 e. The lowest BCUT2D eigenvalue weighted by molar-refractivity contribution is -0.131. The molecule has 86 valence electrons. The van der Waals surface area contributed by atoms with Gasteiger partial charge in [0.25, 0.3) is 0 Å². The van der Waals surface area contributed by atoms with Crippen LogP contribution in [0.2, 0.25) is 0 Å². The highest BCUT2D eigenvalue weighted by Gasteiger charge is 2.34. The third-order valence-corrected chi connectivity index (χ3v) is 2.91. The van der Waals surface area contributed by atoms with Crippen molar-refractivity contribution in [3.63, 3.8) is 0 Å². The normalized spacial score (nSPS) is 19.5. The van der Waals surface area contributed by atoms with Crippen LogP contribution in [0.5, 0.6) is 0 Å². The second-order valence-corrected chi connectivity index (χ2v) is 4.28. The van der Waals surface area contributed by atoms with Crippen molar-refractivity contribution < 1.29 is 9.59 Å². The van der Waals surface area contributed by atoms with Gasteiger partial charge in [-0.3, -0.25) is 9.59 Å². The van der Waals surface area contributed by atoms with E-state index in [9.17, 15) is 9.59 Å². The lowest BCUT2D eigenvalue weighted by atomic mass is 9.80. The molecule has 0 bridgehead atoms. The molecule has 5 heteroatoms. The van der Waals surface area contributed by atoms with Crippen LogP contribution in [0.25, 0.3) is 0 Å². The van der Waals surface area contributed by atoms with E-state index in [2.05, 4.69) is 10.6 Å². The number of primary amides is 1. The average Bonchev–Trinajstić information content (AvgIpc) is 2.18. The minimum Gasteiger partial charge on any atom is -0.370 e. The maximum Gasteiger partial charge on any atom is 0.226 e. The van der Waals surface area contributed by atoms with E-state index in [-0.39, 0.29) is 23.7 Å². The van der Waals surface area contributed by atoms with E-state index in [1.807, 2.05) is 6.92 Å². The average molecular weight is 213 g/mol. The van der Waals surface area contributed by atoms with Crippen LogP contribution in [0, 0.1) is 5.41 Å². The SMILES string of the molecule is CC1(C(=O)NCCC(N)=O)CCNCC1. The number of nitrogens with two attached hydrogens (primary N) is 1. The Kier molecular flexibility index (Phi) is 4.08. The first-order valence-corrected chi connectivity index (χ1v) is 5.32. The van der Waals surface area contributed by atoms with E-state index in [4.69, 9.17) is 5.73 Å². The van der Waals surface area contributed by atoms with Gasteiger partial charge in [0, 0.05) is 18.4 Å². The van der Waals surface area contributed by atoms with Crippen molar-refractivity contribution in [2.75, 3.05) is 19.6 Å². The number of hydrogen-bond acceptors (Lipinski definition) is 3. The minimum absolute atomic E-state index is 0.0326. The van der Waals surface area contributed by atoms with Gasteiger partial charge in [-0.2, -0.15) is 0 Å². The Morgan fingerprint density at radius 1 is 1.40 bits per heavy atom. The molecule has 1 saturated heterocycles. The Balaban J connectivity index is 2.34. The van der Waals surface area contributed by atoms with Crippen molar-refractivity contribution in [1.29, 1.82) is 0 Å². The molecule has 15 heavy (non-hydrogen) atoms. The van der Waals surface area contributed by atoms with Gasteiger partial charge in [-0.15, -0.1) is 0 Å². The molecule has 5 nitrogen and oxygen atoms in total. The van der Waals surface area contributed by atoms with Gasteiger partial charge in [-0.1, -0.05) is 6.92 Å². The van der Waals surface area contributed by atoms with Crippen molar-refractivity contribution in [2.24, 2.45) is 11.1 Å². The molecule has 1 rings (SSSR count). The van der Waals surface area contributed by atoms with Crippen LogP contribution >= 0.6 is 0 Å². The molecule has 1 aliphatic rings. The standard InChI is InChI=1S/C10H19N3O2/c1-10(3-6-12-7-4-10)9(15)13-5-2-8(11)14/h12H,2-7H2,1H3,(H2,11,14)(H,13,15). The van der Waals surface area contributed by atoms with Crippen LogP contribution in [-0.2, 0) is 9.59 Å². The van der Waals surface area contributed by atoms with Gasteiger partial charge in [0.05, 0.1) is 0 Å². The lowest BCUT2D eigenvalue weighted by Crippen LogP contribution is -2.46. The number of carbonyl (C=O) groups excluding carboxylic acids is 2. The van der Waals surface area contributed by atoms with Crippen LogP contribution in [-0.4, -0.2) is 31.4 Å². The van der Waals surface area contributed by atoms with E-state index in [1.165, 1.54) is 0 Å². The lowest BCUT2D eigenvalue weighted by Gasteiger charge is -2.32. The highest BCUT2D eigenvalue weighted by Crippen LogP contribution is 2.27. The maximum atomic E-state index is 11.8. The van der Waals surface area contributed by atoms with Crippen LogP contribution in [0.15, 0.2) is 0 Å². The van der Waals surface area contributed by atoms with Crippen molar-refractivity contribution in [1.82, 2.24) is 10.6 Å². The summed E-state index contributed by atoms with van der Waals surface area (Å²) in [6.45, 7) is 4.06. The van der Waals surface area contributed by atoms with Gasteiger partial charge in [-0.25, -0.2) is 0 Å². The summed E-state index contributed by atoms with van der Waals surface area (Å²) in [6, 6.07) is 0. The van der Waals surface area contributed by atoms with Gasteiger partial charge in [0.15, 0.2) is 0 Å². The molecule has 1 aliphatic heterocycles. The van der Waals surface area contributed by atoms with E-state index < -0.39 is 0 Å². The number of hydrogen-bond donors (Lipinski definition) is 3. The highest BCUT2D eigenvalue weighted by atomic mass is 16.2. The molecule has 2 amide bonds. The van der Waals surface area contributed by atoms with Gasteiger partial charge < -0.3 is 16.4 Å². The molecule has 0 atom stereocenters. The van der Waals surface area contributed by atoms with Gasteiger partial charge in [0.2, 0.25) is 11.8 Å². The third kappa shape index (κ3) is 3.51. The summed E-state index contributed by atoms with van der Waals surface area (Å²) < 4.78 is 0. The molecular formula is C10H19N3O2. The first-order valence-electron chi connectivity index (χ1n) is 5.32. The second kappa shape index (κ2) is 5.11. The molecule has 1 heterocycles. The molecule has 1 fully saturated rings. The summed E-state index contributed by atoms with van der Waals surface area (Å²) in [7, 11) is 0. The fourth-order valence-electron chi connectivity index (χ4n) is 1.72. The molecule has 0 aliphatic carbocycles. The third-order valence-electron chi connectivity index (χ3n) is 2.91. The monoisotopic (exact) mass is 213 g/mol. The largest absolute Gasteiger partial charge is 0.370 e. The molecule has 0 saturated carbocycles. The fraction of sp³-hybridized carbons (Fsp3) is 0.800. The number of piperidine rings is 1. The first-order chi connectivity index (χ1) is 7.04. The van der Waals surface area contributed by atoms with E-state index in [0.717, 1.165) is 25.9 Å². The Morgan fingerprint density at radius 3 is 2.53 bits per heavy atom. The molecule has 0 radical (unpaired) electrons. The molecule has 0 aromatic heterocycles. The Bertz CT molecular complexity index is 247. The predicted octanol–water partition coefficient (Wildman–Crippen LogP) is -0.632. The van der Waals surface area contributed by atoms with E-state index in [1.54, 1.807) is 0 Å². The zero-order chi connectivity index (χ0) is 11.3. The van der Waals surface area contributed by atoms with Gasteiger partial charge in [0.1, 0.15) is 0 Å².